The quantitative estimate of drug-likeness (QED) is 0.624. The second-order valence-corrected chi connectivity index (χ2v) is 7.19. The van der Waals surface area contributed by atoms with Crippen LogP contribution in [0.4, 0.5) is 0 Å². The lowest BCUT2D eigenvalue weighted by atomic mass is 9.94. The van der Waals surface area contributed by atoms with Gasteiger partial charge in [-0.3, -0.25) is 4.79 Å². The van der Waals surface area contributed by atoms with Gasteiger partial charge in [0.1, 0.15) is 0 Å². The van der Waals surface area contributed by atoms with Gasteiger partial charge in [-0.25, -0.2) is 0 Å². The van der Waals surface area contributed by atoms with E-state index in [1.54, 1.807) is 0 Å². The Bertz CT molecular complexity index is 915. The number of aryl methyl sites for hydroxylation is 4. The van der Waals surface area contributed by atoms with Crippen LogP contribution < -0.4 is 5.32 Å². The van der Waals surface area contributed by atoms with E-state index >= 15 is 0 Å². The topological polar surface area (TPSA) is 29.1 Å². The zero-order valence-electron chi connectivity index (χ0n) is 16.3. The number of hydrogen-bond donors (Lipinski definition) is 1. The van der Waals surface area contributed by atoms with E-state index in [9.17, 15) is 4.79 Å². The fourth-order valence-electron chi connectivity index (χ4n) is 3.35. The molecule has 1 atom stereocenters. The van der Waals surface area contributed by atoms with E-state index in [1.807, 2.05) is 30.3 Å². The van der Waals surface area contributed by atoms with E-state index in [0.717, 1.165) is 17.5 Å². The van der Waals surface area contributed by atoms with Crippen LogP contribution in [0.25, 0.3) is 0 Å². The zero-order chi connectivity index (χ0) is 19.2. The van der Waals surface area contributed by atoms with Crippen molar-refractivity contribution in [2.75, 3.05) is 0 Å². The summed E-state index contributed by atoms with van der Waals surface area (Å²) in [5.74, 6) is 0.0744. The number of nitrogens with one attached hydrogen (secondary N) is 1. The average Bonchev–Trinajstić information content (AvgIpc) is 2.68. The summed E-state index contributed by atoms with van der Waals surface area (Å²) < 4.78 is 0. The van der Waals surface area contributed by atoms with Crippen molar-refractivity contribution in [1.82, 2.24) is 5.32 Å². The molecule has 1 amide bonds. The Kier molecular flexibility index (Phi) is 6.08. The van der Waals surface area contributed by atoms with Crippen molar-refractivity contribution in [1.29, 1.82) is 0 Å². The van der Waals surface area contributed by atoms with Crippen LogP contribution in [0.2, 0.25) is 0 Å². The molecule has 3 rings (SSSR count). The monoisotopic (exact) mass is 357 g/mol. The molecule has 0 saturated heterocycles. The smallest absolute Gasteiger partial charge is 0.221 e. The van der Waals surface area contributed by atoms with Gasteiger partial charge in [-0.15, -0.1) is 0 Å². The van der Waals surface area contributed by atoms with E-state index in [0.29, 0.717) is 6.42 Å². The summed E-state index contributed by atoms with van der Waals surface area (Å²) in [4.78, 5) is 12.7. The maximum absolute atomic E-state index is 12.7. The van der Waals surface area contributed by atoms with Crippen LogP contribution in [0, 0.1) is 20.8 Å². The Morgan fingerprint density at radius 2 is 1.52 bits per heavy atom. The summed E-state index contributed by atoms with van der Waals surface area (Å²) in [7, 11) is 0. The van der Waals surface area contributed by atoms with Crippen molar-refractivity contribution >= 4 is 5.91 Å². The average molecular weight is 357 g/mol. The van der Waals surface area contributed by atoms with Gasteiger partial charge in [-0.2, -0.15) is 0 Å². The van der Waals surface area contributed by atoms with Gasteiger partial charge < -0.3 is 5.32 Å². The number of carbonyl (C=O) groups excluding carboxylic acids is 1. The molecule has 0 aliphatic carbocycles. The molecule has 0 radical (unpaired) electrons. The normalized spacial score (nSPS) is 11.8. The Morgan fingerprint density at radius 3 is 2.22 bits per heavy atom. The predicted octanol–water partition coefficient (Wildman–Crippen LogP) is 5.45. The Morgan fingerprint density at radius 1 is 0.815 bits per heavy atom. The molecule has 0 fully saturated rings. The lowest BCUT2D eigenvalue weighted by Gasteiger charge is -2.22. The van der Waals surface area contributed by atoms with E-state index in [-0.39, 0.29) is 11.9 Å². The Labute approximate surface area is 162 Å². The van der Waals surface area contributed by atoms with Crippen LogP contribution in [0.5, 0.6) is 0 Å². The molecule has 1 N–H and O–H groups in total. The Hall–Kier alpha value is -2.87. The summed E-state index contributed by atoms with van der Waals surface area (Å²) in [6.07, 6.45) is 1.24. The molecular weight excluding hydrogens is 330 g/mol. The standard InChI is InChI=1S/C25H27NO/c1-18-13-14-21(17-20(18)3)15-16-24(27)26-25(22-10-5-4-6-11-22)23-12-8-7-9-19(23)2/h4-14,17,25H,15-16H2,1-3H3,(H,26,27)/t25-/m0/s1. The number of hydrogen-bond acceptors (Lipinski definition) is 1. The van der Waals surface area contributed by atoms with Gasteiger partial charge >= 0.3 is 0 Å². The highest BCUT2D eigenvalue weighted by molar-refractivity contribution is 5.77. The Balaban J connectivity index is 1.75. The van der Waals surface area contributed by atoms with Crippen LogP contribution in [0.15, 0.2) is 72.8 Å². The minimum atomic E-state index is -0.125. The summed E-state index contributed by atoms with van der Waals surface area (Å²) in [5, 5.41) is 3.25. The molecule has 27 heavy (non-hydrogen) atoms. The molecule has 2 heteroatoms. The molecule has 2 nitrogen and oxygen atoms in total. The summed E-state index contributed by atoms with van der Waals surface area (Å²) in [5.41, 5.74) is 7.19. The maximum atomic E-state index is 12.7. The van der Waals surface area contributed by atoms with E-state index in [4.69, 9.17) is 0 Å². The SMILES string of the molecule is Cc1ccc(CCC(=O)N[C@@H](c2ccccc2)c2ccccc2C)cc1C. The molecule has 0 bridgehead atoms. The molecule has 3 aromatic rings. The molecule has 0 spiro atoms. The minimum absolute atomic E-state index is 0.0744. The van der Waals surface area contributed by atoms with Crippen LogP contribution in [-0.4, -0.2) is 5.91 Å². The third-order valence-corrected chi connectivity index (χ3v) is 5.15. The molecule has 138 valence electrons. The van der Waals surface area contributed by atoms with Crippen LogP contribution in [0.3, 0.4) is 0 Å². The van der Waals surface area contributed by atoms with Gasteiger partial charge in [0.2, 0.25) is 5.91 Å². The summed E-state index contributed by atoms with van der Waals surface area (Å²) in [6.45, 7) is 6.31. The number of carbonyl (C=O) groups is 1. The molecule has 0 unspecified atom stereocenters. The van der Waals surface area contributed by atoms with Crippen molar-refractivity contribution in [3.8, 4) is 0 Å². The molecule has 0 aromatic heterocycles. The molecule has 3 aromatic carbocycles. The lowest BCUT2D eigenvalue weighted by Crippen LogP contribution is -2.30. The van der Waals surface area contributed by atoms with Gasteiger partial charge in [0.05, 0.1) is 6.04 Å². The molecular formula is C25H27NO. The van der Waals surface area contributed by atoms with Crippen molar-refractivity contribution in [3.63, 3.8) is 0 Å². The zero-order valence-corrected chi connectivity index (χ0v) is 16.3. The molecule has 0 aliphatic heterocycles. The second kappa shape index (κ2) is 8.68. The van der Waals surface area contributed by atoms with Crippen LogP contribution >= 0.6 is 0 Å². The van der Waals surface area contributed by atoms with Gasteiger partial charge in [-0.1, -0.05) is 72.8 Å². The van der Waals surface area contributed by atoms with E-state index < -0.39 is 0 Å². The predicted molar refractivity (Wildman–Crippen MR) is 112 cm³/mol. The van der Waals surface area contributed by atoms with Gasteiger partial charge in [0.25, 0.3) is 0 Å². The fourth-order valence-corrected chi connectivity index (χ4v) is 3.35. The molecule has 0 saturated carbocycles. The van der Waals surface area contributed by atoms with Crippen molar-refractivity contribution < 1.29 is 4.79 Å². The molecule has 0 aliphatic rings. The third-order valence-electron chi connectivity index (χ3n) is 5.15. The highest BCUT2D eigenvalue weighted by atomic mass is 16.1. The summed E-state index contributed by atoms with van der Waals surface area (Å²) >= 11 is 0. The first-order valence-corrected chi connectivity index (χ1v) is 9.50. The fraction of sp³-hybridized carbons (Fsp3) is 0.240. The van der Waals surface area contributed by atoms with E-state index in [2.05, 4.69) is 68.6 Å². The van der Waals surface area contributed by atoms with Crippen LogP contribution in [0.1, 0.15) is 45.8 Å². The largest absolute Gasteiger partial charge is 0.345 e. The van der Waals surface area contributed by atoms with Crippen molar-refractivity contribution in [2.24, 2.45) is 0 Å². The van der Waals surface area contributed by atoms with Gasteiger partial charge in [-0.05, 0) is 60.6 Å². The number of benzene rings is 3. The molecule has 0 heterocycles. The lowest BCUT2D eigenvalue weighted by molar-refractivity contribution is -0.121. The van der Waals surface area contributed by atoms with Crippen LogP contribution in [-0.2, 0) is 11.2 Å². The summed E-state index contributed by atoms with van der Waals surface area (Å²) in [6, 6.07) is 24.7. The van der Waals surface area contributed by atoms with Crippen molar-refractivity contribution in [3.05, 3.63) is 106 Å². The first-order valence-electron chi connectivity index (χ1n) is 9.50. The number of rotatable bonds is 6. The van der Waals surface area contributed by atoms with Crippen molar-refractivity contribution in [2.45, 2.75) is 39.7 Å². The first-order chi connectivity index (χ1) is 13.0. The third kappa shape index (κ3) is 4.85. The minimum Gasteiger partial charge on any atom is -0.345 e. The number of amides is 1. The van der Waals surface area contributed by atoms with Gasteiger partial charge in [0, 0.05) is 6.42 Å². The highest BCUT2D eigenvalue weighted by Gasteiger charge is 2.18. The first kappa shape index (κ1) is 18.9. The van der Waals surface area contributed by atoms with E-state index in [1.165, 1.54) is 22.3 Å². The highest BCUT2D eigenvalue weighted by Crippen LogP contribution is 2.25. The second-order valence-electron chi connectivity index (χ2n) is 7.19. The maximum Gasteiger partial charge on any atom is 0.221 e. The van der Waals surface area contributed by atoms with Gasteiger partial charge in [0.15, 0.2) is 0 Å².